The normalized spacial score (nSPS) is 12.3. The molecule has 0 aliphatic carbocycles. The Morgan fingerprint density at radius 3 is 2.41 bits per heavy atom. The highest BCUT2D eigenvalue weighted by Gasteiger charge is 2.30. The van der Waals surface area contributed by atoms with Gasteiger partial charge in [0.15, 0.2) is 4.88 Å². The van der Waals surface area contributed by atoms with Crippen LogP contribution in [0.5, 0.6) is 5.75 Å². The Labute approximate surface area is 199 Å². The largest absolute Gasteiger partial charge is 0.483 e. The summed E-state index contributed by atoms with van der Waals surface area (Å²) in [6.07, 6.45) is -1.16. The molecule has 1 heterocycles. The Morgan fingerprint density at radius 1 is 1.12 bits per heavy atom. The number of nitro groups is 1. The lowest BCUT2D eigenvalue weighted by atomic mass is 10.2. The number of carboxylic acid groups (broad SMARTS) is 1. The van der Waals surface area contributed by atoms with E-state index in [0.717, 1.165) is 11.1 Å². The average molecular weight is 508 g/mol. The summed E-state index contributed by atoms with van der Waals surface area (Å²) in [5.74, 6) is -1.76. The number of carbonyl (C=O) groups is 1. The van der Waals surface area contributed by atoms with Crippen molar-refractivity contribution in [1.82, 2.24) is 0 Å². The summed E-state index contributed by atoms with van der Waals surface area (Å²) in [4.78, 5) is 21.2. The van der Waals surface area contributed by atoms with Crippen molar-refractivity contribution in [2.24, 2.45) is 0 Å². The van der Waals surface area contributed by atoms with Gasteiger partial charge in [-0.3, -0.25) is 14.3 Å². The van der Waals surface area contributed by atoms with Crippen molar-refractivity contribution in [2.75, 3.05) is 13.2 Å². The molecule has 0 spiro atoms. The molecule has 0 amide bonds. The minimum absolute atomic E-state index is 0.0687. The van der Waals surface area contributed by atoms with Crippen molar-refractivity contribution in [3.8, 4) is 5.75 Å². The molecule has 0 fully saturated rings. The first-order chi connectivity index (χ1) is 16.2. The molecule has 34 heavy (non-hydrogen) atoms. The number of hydrogen-bond acceptors (Lipinski definition) is 9. The zero-order chi connectivity index (χ0) is 24.7. The summed E-state index contributed by atoms with van der Waals surface area (Å²) >= 11 is 0.634. The first-order valence-corrected chi connectivity index (χ1v) is 12.2. The molecule has 3 aromatic rings. The van der Waals surface area contributed by atoms with E-state index in [1.807, 2.05) is 37.3 Å². The van der Waals surface area contributed by atoms with E-state index in [2.05, 4.69) is 0 Å². The number of benzene rings is 2. The molecule has 1 N–H and O–H groups in total. The summed E-state index contributed by atoms with van der Waals surface area (Å²) in [5, 5.41) is 21.7. The minimum Gasteiger partial charge on any atom is -0.483 e. The third-order valence-corrected chi connectivity index (χ3v) is 6.83. The number of thiophene rings is 1. The monoisotopic (exact) mass is 507 g/mol. The Bertz CT molecular complexity index is 1240. The van der Waals surface area contributed by atoms with Crippen molar-refractivity contribution in [3.63, 3.8) is 0 Å². The smallest absolute Gasteiger partial charge is 0.353 e. The number of nitrogens with zero attached hydrogens (tertiary/aromatic N) is 1. The Kier molecular flexibility index (Phi) is 8.34. The minimum atomic E-state index is -4.20. The Morgan fingerprint density at radius 2 is 1.79 bits per heavy atom. The van der Waals surface area contributed by atoms with Gasteiger partial charge >= 0.3 is 11.7 Å². The summed E-state index contributed by atoms with van der Waals surface area (Å²) in [6, 6.07) is 15.2. The van der Waals surface area contributed by atoms with Gasteiger partial charge in [0.05, 0.1) is 23.0 Å². The molecular formula is C22H21NO9S2. The van der Waals surface area contributed by atoms with Crippen LogP contribution in [0.25, 0.3) is 0 Å². The molecule has 0 aliphatic heterocycles. The van der Waals surface area contributed by atoms with E-state index in [4.69, 9.17) is 18.8 Å². The van der Waals surface area contributed by atoms with Crippen LogP contribution >= 0.6 is 11.3 Å². The van der Waals surface area contributed by atoms with Gasteiger partial charge in [0.2, 0.25) is 5.75 Å². The molecule has 0 unspecified atom stereocenters. The molecule has 0 bridgehead atoms. The van der Waals surface area contributed by atoms with E-state index in [0.29, 0.717) is 11.3 Å². The number of ether oxygens (including phenoxy) is 2. The van der Waals surface area contributed by atoms with Gasteiger partial charge in [-0.2, -0.15) is 8.42 Å². The zero-order valence-corrected chi connectivity index (χ0v) is 19.6. The van der Waals surface area contributed by atoms with Gasteiger partial charge in [0.1, 0.15) is 12.7 Å². The van der Waals surface area contributed by atoms with E-state index in [1.165, 1.54) is 17.5 Å². The van der Waals surface area contributed by atoms with E-state index in [-0.39, 0.29) is 23.9 Å². The molecule has 0 saturated heterocycles. The lowest BCUT2D eigenvalue weighted by Crippen LogP contribution is -2.30. The maximum absolute atomic E-state index is 12.7. The number of carboxylic acids is 1. The van der Waals surface area contributed by atoms with Gasteiger partial charge in [-0.1, -0.05) is 48.0 Å². The highest BCUT2D eigenvalue weighted by Crippen LogP contribution is 2.37. The number of rotatable bonds is 12. The van der Waals surface area contributed by atoms with Crippen molar-refractivity contribution < 1.29 is 36.9 Å². The van der Waals surface area contributed by atoms with Crippen LogP contribution in [0.2, 0.25) is 0 Å². The second kappa shape index (κ2) is 11.2. The maximum Gasteiger partial charge on any atom is 0.353 e. The SMILES string of the molecule is Cc1ccc(S(=O)(=O)O[C@H](COCc2ccccc2)COc2csc(C(=O)O)c2[N+](=O)[O-])cc1. The predicted octanol–water partition coefficient (Wildman–Crippen LogP) is 4.03. The molecular weight excluding hydrogens is 486 g/mol. The quantitative estimate of drug-likeness (QED) is 0.218. The van der Waals surface area contributed by atoms with Gasteiger partial charge in [0.25, 0.3) is 10.1 Å². The zero-order valence-electron chi connectivity index (χ0n) is 17.9. The summed E-state index contributed by atoms with van der Waals surface area (Å²) < 4.78 is 41.8. The molecule has 180 valence electrons. The maximum atomic E-state index is 12.7. The third-order valence-electron chi connectivity index (χ3n) is 4.52. The van der Waals surface area contributed by atoms with Crippen LogP contribution in [0.4, 0.5) is 5.69 Å². The Balaban J connectivity index is 1.76. The van der Waals surface area contributed by atoms with E-state index in [9.17, 15) is 23.3 Å². The fourth-order valence-corrected chi connectivity index (χ4v) is 4.71. The Hall–Kier alpha value is -3.32. The number of aryl methyl sites for hydroxylation is 1. The van der Waals surface area contributed by atoms with Gasteiger partial charge in [-0.25, -0.2) is 4.79 Å². The van der Waals surface area contributed by atoms with Gasteiger partial charge < -0.3 is 14.6 Å². The average Bonchev–Trinajstić information content (AvgIpc) is 3.23. The molecule has 1 atom stereocenters. The van der Waals surface area contributed by atoms with Crippen LogP contribution in [0.1, 0.15) is 20.8 Å². The second-order valence-corrected chi connectivity index (χ2v) is 9.59. The highest BCUT2D eigenvalue weighted by molar-refractivity contribution is 7.86. The molecule has 0 radical (unpaired) electrons. The molecule has 1 aromatic heterocycles. The molecule has 2 aromatic carbocycles. The summed E-state index contributed by atoms with van der Waals surface area (Å²) in [5.41, 5.74) is 1.01. The molecule has 10 nitrogen and oxygen atoms in total. The van der Waals surface area contributed by atoms with Crippen LogP contribution in [0.3, 0.4) is 0 Å². The summed E-state index contributed by atoms with van der Waals surface area (Å²) in [6.45, 7) is 1.34. The van der Waals surface area contributed by atoms with Crippen LogP contribution < -0.4 is 4.74 Å². The fourth-order valence-electron chi connectivity index (χ4n) is 2.87. The van der Waals surface area contributed by atoms with Crippen molar-refractivity contribution in [1.29, 1.82) is 0 Å². The van der Waals surface area contributed by atoms with Crippen molar-refractivity contribution >= 4 is 33.1 Å². The van der Waals surface area contributed by atoms with Crippen LogP contribution in [0, 0.1) is 17.0 Å². The lowest BCUT2D eigenvalue weighted by Gasteiger charge is -2.18. The standard InChI is InChI=1S/C22H21NO9S2/c1-15-7-9-18(10-8-15)34(28,29)32-17(12-30-11-16-5-3-2-4-6-16)13-31-19-14-33-21(22(24)25)20(19)23(26)27/h2-10,14,17H,11-13H2,1H3,(H,24,25)/t17-/m1/s1. The topological polar surface area (TPSA) is 142 Å². The van der Waals surface area contributed by atoms with Crippen LogP contribution in [-0.4, -0.2) is 43.7 Å². The molecule has 0 saturated carbocycles. The third kappa shape index (κ3) is 6.60. The van der Waals surface area contributed by atoms with Crippen molar-refractivity contribution in [2.45, 2.75) is 24.5 Å². The first-order valence-electron chi connectivity index (χ1n) is 9.91. The number of aromatic carboxylic acids is 1. The second-order valence-electron chi connectivity index (χ2n) is 7.14. The summed E-state index contributed by atoms with van der Waals surface area (Å²) in [7, 11) is -4.20. The highest BCUT2D eigenvalue weighted by atomic mass is 32.2. The van der Waals surface area contributed by atoms with Gasteiger partial charge in [-0.05, 0) is 24.6 Å². The van der Waals surface area contributed by atoms with Crippen LogP contribution in [-0.2, 0) is 25.6 Å². The van der Waals surface area contributed by atoms with Crippen LogP contribution in [0.15, 0.2) is 64.9 Å². The van der Waals surface area contributed by atoms with E-state index in [1.54, 1.807) is 12.1 Å². The molecule has 0 aliphatic rings. The predicted molar refractivity (Wildman–Crippen MR) is 123 cm³/mol. The van der Waals surface area contributed by atoms with Crippen molar-refractivity contribution in [3.05, 3.63) is 86.1 Å². The first kappa shape index (κ1) is 25.3. The van der Waals surface area contributed by atoms with Gasteiger partial charge in [-0.15, -0.1) is 11.3 Å². The van der Waals surface area contributed by atoms with Gasteiger partial charge in [0, 0.05) is 5.38 Å². The molecule has 3 rings (SSSR count). The lowest BCUT2D eigenvalue weighted by molar-refractivity contribution is -0.385. The van der Waals surface area contributed by atoms with E-state index < -0.39 is 44.3 Å². The fraction of sp³-hybridized carbons (Fsp3) is 0.227. The number of hydrogen-bond donors (Lipinski definition) is 1. The molecule has 12 heteroatoms. The van der Waals surface area contributed by atoms with E-state index >= 15 is 0 Å².